The average Bonchev–Trinajstić information content (AvgIpc) is 2.39. The van der Waals surface area contributed by atoms with E-state index < -0.39 is 0 Å². The molecule has 1 aromatic heterocycles. The maximum absolute atomic E-state index is 12.2. The lowest BCUT2D eigenvalue weighted by Crippen LogP contribution is -2.44. The van der Waals surface area contributed by atoms with Crippen LogP contribution in [0.3, 0.4) is 0 Å². The number of carbonyl (C=O) groups is 1. The van der Waals surface area contributed by atoms with Crippen molar-refractivity contribution in [2.75, 3.05) is 27.2 Å². The van der Waals surface area contributed by atoms with Gasteiger partial charge in [0.15, 0.2) is 0 Å². The van der Waals surface area contributed by atoms with E-state index in [9.17, 15) is 4.79 Å². The second-order valence-electron chi connectivity index (χ2n) is 4.58. The molecule has 0 radical (unpaired) electrons. The van der Waals surface area contributed by atoms with Gasteiger partial charge in [-0.2, -0.15) is 0 Å². The van der Waals surface area contributed by atoms with E-state index in [1.54, 1.807) is 12.4 Å². The first kappa shape index (κ1) is 12.0. The van der Waals surface area contributed by atoms with Gasteiger partial charge in [-0.05, 0) is 33.0 Å². The minimum atomic E-state index is 0.0140. The highest BCUT2D eigenvalue weighted by atomic mass is 16.2. The van der Waals surface area contributed by atoms with E-state index in [-0.39, 0.29) is 5.91 Å². The van der Waals surface area contributed by atoms with Crippen molar-refractivity contribution >= 4 is 5.91 Å². The molecule has 1 amide bonds. The molecule has 5 heteroatoms. The number of carbonyl (C=O) groups excluding carboxylic acids is 1. The van der Waals surface area contributed by atoms with Gasteiger partial charge in [-0.25, -0.2) is 9.97 Å². The van der Waals surface area contributed by atoms with Crippen LogP contribution >= 0.6 is 0 Å². The van der Waals surface area contributed by atoms with Crippen LogP contribution in [0, 0.1) is 0 Å². The van der Waals surface area contributed by atoms with Crippen molar-refractivity contribution in [2.24, 2.45) is 0 Å². The fraction of sp³-hybridized carbons (Fsp3) is 0.583. The third-order valence-corrected chi connectivity index (χ3v) is 3.36. The van der Waals surface area contributed by atoms with E-state index >= 15 is 0 Å². The molecule has 0 aromatic carbocycles. The molecule has 0 saturated carbocycles. The monoisotopic (exact) mass is 234 g/mol. The van der Waals surface area contributed by atoms with Gasteiger partial charge in [0.2, 0.25) is 0 Å². The Bertz CT molecular complexity index is 373. The predicted octanol–water partition coefficient (Wildman–Crippen LogP) is 0.643. The molecule has 0 spiro atoms. The summed E-state index contributed by atoms with van der Waals surface area (Å²) in [5.74, 6) is 0.0140. The Morgan fingerprint density at radius 1 is 1.35 bits per heavy atom. The quantitative estimate of drug-likeness (QED) is 0.753. The summed E-state index contributed by atoms with van der Waals surface area (Å²) in [4.78, 5) is 24.0. The summed E-state index contributed by atoms with van der Waals surface area (Å²) in [7, 11) is 3.98. The van der Waals surface area contributed by atoms with Crippen LogP contribution in [0.4, 0.5) is 0 Å². The number of amides is 1. The number of nitrogens with zero attached hydrogens (tertiary/aromatic N) is 4. The van der Waals surface area contributed by atoms with Gasteiger partial charge in [0.1, 0.15) is 6.33 Å². The highest BCUT2D eigenvalue weighted by Crippen LogP contribution is 2.15. The van der Waals surface area contributed by atoms with Gasteiger partial charge in [0.25, 0.3) is 5.91 Å². The largest absolute Gasteiger partial charge is 0.339 e. The summed E-state index contributed by atoms with van der Waals surface area (Å²) in [6.07, 6.45) is 6.65. The zero-order valence-corrected chi connectivity index (χ0v) is 10.3. The summed E-state index contributed by atoms with van der Waals surface area (Å²) in [5, 5.41) is 0. The normalized spacial score (nSPS) is 18.0. The van der Waals surface area contributed by atoms with E-state index in [1.807, 2.05) is 11.9 Å². The van der Waals surface area contributed by atoms with Crippen LogP contribution in [0.5, 0.6) is 0 Å². The van der Waals surface area contributed by atoms with Crippen molar-refractivity contribution < 1.29 is 4.79 Å². The third kappa shape index (κ3) is 2.79. The topological polar surface area (TPSA) is 49.3 Å². The first-order valence-corrected chi connectivity index (χ1v) is 5.89. The second-order valence-corrected chi connectivity index (χ2v) is 4.58. The van der Waals surface area contributed by atoms with Crippen LogP contribution in [0.15, 0.2) is 18.7 Å². The summed E-state index contributed by atoms with van der Waals surface area (Å²) in [5.41, 5.74) is 0.564. The fourth-order valence-electron chi connectivity index (χ4n) is 2.16. The Morgan fingerprint density at radius 3 is 2.53 bits per heavy atom. The zero-order chi connectivity index (χ0) is 12.3. The standard InChI is InChI=1S/C12H18N4O/c1-15-5-3-11(4-6-15)16(2)12(17)10-7-13-9-14-8-10/h7-9,11H,3-6H2,1-2H3. The predicted molar refractivity (Wildman–Crippen MR) is 64.6 cm³/mol. The molecular weight excluding hydrogens is 216 g/mol. The van der Waals surface area contributed by atoms with E-state index in [1.165, 1.54) is 6.33 Å². The van der Waals surface area contributed by atoms with Crippen LogP contribution in [-0.4, -0.2) is 58.9 Å². The van der Waals surface area contributed by atoms with Crippen LogP contribution < -0.4 is 0 Å². The molecule has 0 atom stereocenters. The molecule has 2 heterocycles. The Morgan fingerprint density at radius 2 is 1.94 bits per heavy atom. The maximum Gasteiger partial charge on any atom is 0.256 e. The van der Waals surface area contributed by atoms with Crippen molar-refractivity contribution in [3.05, 3.63) is 24.3 Å². The van der Waals surface area contributed by atoms with Gasteiger partial charge in [-0.15, -0.1) is 0 Å². The van der Waals surface area contributed by atoms with E-state index in [4.69, 9.17) is 0 Å². The first-order chi connectivity index (χ1) is 8.18. The number of hydrogen-bond acceptors (Lipinski definition) is 4. The average molecular weight is 234 g/mol. The minimum Gasteiger partial charge on any atom is -0.339 e. The molecule has 5 nitrogen and oxygen atoms in total. The van der Waals surface area contributed by atoms with Gasteiger partial charge in [-0.1, -0.05) is 0 Å². The molecule has 1 fully saturated rings. The van der Waals surface area contributed by atoms with Crippen molar-refractivity contribution in [1.29, 1.82) is 0 Å². The number of aromatic nitrogens is 2. The van der Waals surface area contributed by atoms with Gasteiger partial charge < -0.3 is 9.80 Å². The lowest BCUT2D eigenvalue weighted by molar-refractivity contribution is 0.0658. The van der Waals surface area contributed by atoms with Crippen LogP contribution in [0.1, 0.15) is 23.2 Å². The van der Waals surface area contributed by atoms with Crippen LogP contribution in [-0.2, 0) is 0 Å². The molecule has 17 heavy (non-hydrogen) atoms. The fourth-order valence-corrected chi connectivity index (χ4v) is 2.16. The molecule has 1 aromatic rings. The molecule has 1 aliphatic rings. The van der Waals surface area contributed by atoms with Gasteiger partial charge in [-0.3, -0.25) is 4.79 Å². The molecule has 1 aliphatic heterocycles. The van der Waals surface area contributed by atoms with E-state index in [0.29, 0.717) is 11.6 Å². The Kier molecular flexibility index (Phi) is 3.68. The zero-order valence-electron chi connectivity index (χ0n) is 10.3. The summed E-state index contributed by atoms with van der Waals surface area (Å²) >= 11 is 0. The molecule has 2 rings (SSSR count). The van der Waals surface area contributed by atoms with Gasteiger partial charge in [0.05, 0.1) is 5.56 Å². The Hall–Kier alpha value is -1.49. The highest BCUT2D eigenvalue weighted by molar-refractivity contribution is 5.93. The number of piperidine rings is 1. The lowest BCUT2D eigenvalue weighted by Gasteiger charge is -2.35. The Balaban J connectivity index is 2.00. The number of rotatable bonds is 2. The molecule has 92 valence electrons. The van der Waals surface area contributed by atoms with Crippen LogP contribution in [0.2, 0.25) is 0 Å². The maximum atomic E-state index is 12.2. The van der Waals surface area contributed by atoms with Crippen molar-refractivity contribution in [3.8, 4) is 0 Å². The molecule has 0 unspecified atom stereocenters. The molecule has 0 bridgehead atoms. The smallest absolute Gasteiger partial charge is 0.256 e. The van der Waals surface area contributed by atoms with Crippen LogP contribution in [0.25, 0.3) is 0 Å². The number of likely N-dealkylation sites (tertiary alicyclic amines) is 1. The lowest BCUT2D eigenvalue weighted by atomic mass is 10.0. The summed E-state index contributed by atoms with van der Waals surface area (Å²) in [6.45, 7) is 2.10. The van der Waals surface area contributed by atoms with E-state index in [0.717, 1.165) is 25.9 Å². The highest BCUT2D eigenvalue weighted by Gasteiger charge is 2.24. The van der Waals surface area contributed by atoms with Gasteiger partial charge >= 0.3 is 0 Å². The molecule has 1 saturated heterocycles. The van der Waals surface area contributed by atoms with Crippen molar-refractivity contribution in [3.63, 3.8) is 0 Å². The van der Waals surface area contributed by atoms with Crippen molar-refractivity contribution in [2.45, 2.75) is 18.9 Å². The molecule has 0 N–H and O–H groups in total. The van der Waals surface area contributed by atoms with E-state index in [2.05, 4.69) is 21.9 Å². The Labute approximate surface area is 101 Å². The van der Waals surface area contributed by atoms with Gasteiger partial charge in [0, 0.05) is 25.5 Å². The number of hydrogen-bond donors (Lipinski definition) is 0. The molecular formula is C12H18N4O. The third-order valence-electron chi connectivity index (χ3n) is 3.36. The summed E-state index contributed by atoms with van der Waals surface area (Å²) < 4.78 is 0. The molecule has 0 aliphatic carbocycles. The SMILES string of the molecule is CN1CCC(N(C)C(=O)c2cncnc2)CC1. The second kappa shape index (κ2) is 5.23. The minimum absolute atomic E-state index is 0.0140. The summed E-state index contributed by atoms with van der Waals surface area (Å²) in [6, 6.07) is 0.332. The van der Waals surface area contributed by atoms with Crippen molar-refractivity contribution in [1.82, 2.24) is 19.8 Å². The first-order valence-electron chi connectivity index (χ1n) is 5.89.